The average molecular weight is 132 g/mol. The number of rotatable bonds is 0. The lowest BCUT2D eigenvalue weighted by atomic mass is 10.0. The molecule has 0 spiro atoms. The van der Waals surface area contributed by atoms with Crippen LogP contribution in [0.5, 0.6) is 0 Å². The average Bonchev–Trinajstić information content (AvgIpc) is 1.96. The summed E-state index contributed by atoms with van der Waals surface area (Å²) in [5, 5.41) is 0. The van der Waals surface area contributed by atoms with Gasteiger partial charge in [0.05, 0.1) is 0 Å². The SMILES string of the molecule is C1CCCCC1.CS. The van der Waals surface area contributed by atoms with Crippen LogP contribution in [0.3, 0.4) is 0 Å². The van der Waals surface area contributed by atoms with Crippen LogP contribution in [0.2, 0.25) is 0 Å². The fourth-order valence-electron chi connectivity index (χ4n) is 1.06. The van der Waals surface area contributed by atoms with Gasteiger partial charge in [-0.3, -0.25) is 0 Å². The van der Waals surface area contributed by atoms with Crippen molar-refractivity contribution in [1.82, 2.24) is 0 Å². The summed E-state index contributed by atoms with van der Waals surface area (Å²) in [6.07, 6.45) is 10.7. The summed E-state index contributed by atoms with van der Waals surface area (Å²) in [6, 6.07) is 0. The van der Waals surface area contributed by atoms with Crippen molar-refractivity contribution < 1.29 is 0 Å². The Hall–Kier alpha value is 0.350. The summed E-state index contributed by atoms with van der Waals surface area (Å²) < 4.78 is 0. The van der Waals surface area contributed by atoms with E-state index in [1.807, 2.05) is 0 Å². The zero-order valence-corrected chi connectivity index (χ0v) is 6.58. The van der Waals surface area contributed by atoms with Crippen molar-refractivity contribution in [1.29, 1.82) is 0 Å². The molecule has 0 heterocycles. The molecule has 0 saturated heterocycles. The van der Waals surface area contributed by atoms with Gasteiger partial charge >= 0.3 is 0 Å². The summed E-state index contributed by atoms with van der Waals surface area (Å²) in [5.74, 6) is 0. The monoisotopic (exact) mass is 132 g/mol. The predicted octanol–water partition coefficient (Wildman–Crippen LogP) is 2.89. The van der Waals surface area contributed by atoms with E-state index in [0.29, 0.717) is 0 Å². The molecule has 1 aliphatic carbocycles. The maximum atomic E-state index is 3.53. The lowest BCUT2D eigenvalue weighted by Gasteiger charge is -2.05. The van der Waals surface area contributed by atoms with Crippen LogP contribution < -0.4 is 0 Å². The Morgan fingerprint density at radius 3 is 0.875 bits per heavy atom. The molecular weight excluding hydrogens is 116 g/mol. The van der Waals surface area contributed by atoms with Crippen LogP contribution in [-0.4, -0.2) is 6.26 Å². The quantitative estimate of drug-likeness (QED) is 0.481. The van der Waals surface area contributed by atoms with Crippen molar-refractivity contribution in [2.24, 2.45) is 0 Å². The minimum Gasteiger partial charge on any atom is -0.183 e. The van der Waals surface area contributed by atoms with E-state index in [2.05, 4.69) is 12.6 Å². The second-order valence-electron chi connectivity index (χ2n) is 2.12. The van der Waals surface area contributed by atoms with E-state index in [9.17, 15) is 0 Å². The van der Waals surface area contributed by atoms with Gasteiger partial charge in [0.1, 0.15) is 0 Å². The molecule has 0 aromatic carbocycles. The number of hydrogen-bond donors (Lipinski definition) is 1. The molecule has 1 heteroatoms. The summed E-state index contributed by atoms with van der Waals surface area (Å²) in [4.78, 5) is 0. The Balaban J connectivity index is 0.000000222. The first-order valence-corrected chi connectivity index (χ1v) is 4.34. The van der Waals surface area contributed by atoms with Gasteiger partial charge in [0, 0.05) is 0 Å². The van der Waals surface area contributed by atoms with E-state index in [1.54, 1.807) is 6.26 Å². The molecule has 0 aromatic rings. The first-order valence-electron chi connectivity index (χ1n) is 3.45. The molecule has 1 aliphatic rings. The normalized spacial score (nSPS) is 18.8. The van der Waals surface area contributed by atoms with Crippen LogP contribution in [-0.2, 0) is 0 Å². The topological polar surface area (TPSA) is 0 Å². The number of thiol groups is 1. The highest BCUT2D eigenvalue weighted by Crippen LogP contribution is 2.15. The van der Waals surface area contributed by atoms with Crippen LogP contribution in [0, 0.1) is 0 Å². The molecule has 0 unspecified atom stereocenters. The highest BCUT2D eigenvalue weighted by atomic mass is 32.1. The molecule has 1 saturated carbocycles. The molecule has 1 rings (SSSR count). The van der Waals surface area contributed by atoms with Gasteiger partial charge in [-0.05, 0) is 6.26 Å². The molecule has 50 valence electrons. The molecule has 0 amide bonds. The highest BCUT2D eigenvalue weighted by Gasteiger charge is 1.95. The van der Waals surface area contributed by atoms with E-state index >= 15 is 0 Å². The van der Waals surface area contributed by atoms with Crippen molar-refractivity contribution in [3.05, 3.63) is 0 Å². The maximum absolute atomic E-state index is 3.53. The molecule has 0 bridgehead atoms. The Morgan fingerprint density at radius 2 is 0.750 bits per heavy atom. The summed E-state index contributed by atoms with van der Waals surface area (Å²) in [5.41, 5.74) is 0. The Kier molecular flexibility index (Phi) is 7.67. The molecule has 0 aliphatic heterocycles. The first kappa shape index (κ1) is 8.35. The van der Waals surface area contributed by atoms with Gasteiger partial charge in [0.2, 0.25) is 0 Å². The van der Waals surface area contributed by atoms with Crippen LogP contribution >= 0.6 is 12.6 Å². The van der Waals surface area contributed by atoms with E-state index in [4.69, 9.17) is 0 Å². The Bertz CT molecular complexity index is 19.9. The van der Waals surface area contributed by atoms with Gasteiger partial charge in [-0.25, -0.2) is 0 Å². The fourth-order valence-corrected chi connectivity index (χ4v) is 1.06. The van der Waals surface area contributed by atoms with Gasteiger partial charge in [-0.15, -0.1) is 0 Å². The smallest absolute Gasteiger partial charge is 0.0215 e. The third-order valence-corrected chi connectivity index (χ3v) is 1.50. The third-order valence-electron chi connectivity index (χ3n) is 1.50. The Morgan fingerprint density at radius 1 is 0.625 bits per heavy atom. The summed E-state index contributed by atoms with van der Waals surface area (Å²) in [7, 11) is 0. The van der Waals surface area contributed by atoms with Gasteiger partial charge in [-0.2, -0.15) is 12.6 Å². The summed E-state index contributed by atoms with van der Waals surface area (Å²) >= 11 is 3.53. The lowest BCUT2D eigenvalue weighted by molar-refractivity contribution is 0.504. The molecule has 0 aromatic heterocycles. The van der Waals surface area contributed by atoms with Gasteiger partial charge in [0.15, 0.2) is 0 Å². The molecular formula is C7H16S. The van der Waals surface area contributed by atoms with E-state index in [0.717, 1.165) is 0 Å². The second-order valence-corrected chi connectivity index (χ2v) is 2.12. The minimum atomic E-state index is 1.50. The van der Waals surface area contributed by atoms with Crippen molar-refractivity contribution in [2.45, 2.75) is 38.5 Å². The van der Waals surface area contributed by atoms with Crippen molar-refractivity contribution in [3.63, 3.8) is 0 Å². The van der Waals surface area contributed by atoms with E-state index in [-0.39, 0.29) is 0 Å². The van der Waals surface area contributed by atoms with Crippen molar-refractivity contribution in [3.8, 4) is 0 Å². The van der Waals surface area contributed by atoms with Gasteiger partial charge in [-0.1, -0.05) is 38.5 Å². The molecule has 1 fully saturated rings. The van der Waals surface area contributed by atoms with Crippen molar-refractivity contribution >= 4 is 12.6 Å². The zero-order valence-electron chi connectivity index (χ0n) is 5.69. The molecule has 0 nitrogen and oxygen atoms in total. The lowest BCUT2D eigenvalue weighted by Crippen LogP contribution is -1.85. The van der Waals surface area contributed by atoms with Crippen LogP contribution in [0.1, 0.15) is 38.5 Å². The standard InChI is InChI=1S/C6H12.CH4S/c1-2-4-6-5-3-1;1-2/h1-6H2;2H,1H3. The minimum absolute atomic E-state index is 1.50. The molecule has 0 atom stereocenters. The van der Waals surface area contributed by atoms with Crippen LogP contribution in [0.4, 0.5) is 0 Å². The fraction of sp³-hybridized carbons (Fsp3) is 1.00. The second kappa shape index (κ2) is 7.35. The van der Waals surface area contributed by atoms with Crippen molar-refractivity contribution in [2.75, 3.05) is 6.26 Å². The third kappa shape index (κ3) is 4.51. The Labute approximate surface area is 58.1 Å². The summed E-state index contributed by atoms with van der Waals surface area (Å²) in [6.45, 7) is 0. The molecule has 8 heavy (non-hydrogen) atoms. The van der Waals surface area contributed by atoms with E-state index < -0.39 is 0 Å². The van der Waals surface area contributed by atoms with Crippen LogP contribution in [0.25, 0.3) is 0 Å². The van der Waals surface area contributed by atoms with Gasteiger partial charge in [0.25, 0.3) is 0 Å². The zero-order chi connectivity index (χ0) is 6.24. The molecule has 0 radical (unpaired) electrons. The van der Waals surface area contributed by atoms with E-state index in [1.165, 1.54) is 38.5 Å². The van der Waals surface area contributed by atoms with Gasteiger partial charge < -0.3 is 0 Å². The van der Waals surface area contributed by atoms with Crippen LogP contribution in [0.15, 0.2) is 0 Å². The maximum Gasteiger partial charge on any atom is -0.0215 e. The molecule has 0 N–H and O–H groups in total. The highest BCUT2D eigenvalue weighted by molar-refractivity contribution is 7.79. The largest absolute Gasteiger partial charge is 0.183 e. The predicted molar refractivity (Wildman–Crippen MR) is 42.6 cm³/mol. The first-order chi connectivity index (χ1) is 4.00. The number of hydrogen-bond acceptors (Lipinski definition) is 1.